The highest BCUT2D eigenvalue weighted by atomic mass is 19.1. The minimum atomic E-state index is -0.633. The Labute approximate surface area is 222 Å². The van der Waals surface area contributed by atoms with E-state index < -0.39 is 12.0 Å². The van der Waals surface area contributed by atoms with Crippen molar-refractivity contribution >= 4 is 11.8 Å². The van der Waals surface area contributed by atoms with E-state index in [1.807, 2.05) is 72.8 Å². The highest BCUT2D eigenvalue weighted by Crippen LogP contribution is 2.44. The topological polar surface area (TPSA) is 49.9 Å². The average Bonchev–Trinajstić information content (AvgIpc) is 2.95. The highest BCUT2D eigenvalue weighted by molar-refractivity contribution is 6.01. The molecule has 1 aliphatic heterocycles. The van der Waals surface area contributed by atoms with Gasteiger partial charge >= 0.3 is 0 Å². The monoisotopic (exact) mass is 508 g/mol. The van der Waals surface area contributed by atoms with Crippen LogP contribution in [0.3, 0.4) is 0 Å². The summed E-state index contributed by atoms with van der Waals surface area (Å²) in [5.74, 6) is -0.539. The molecule has 5 rings (SSSR count). The van der Waals surface area contributed by atoms with Crippen LogP contribution in [0.1, 0.15) is 44.6 Å². The lowest BCUT2D eigenvalue weighted by molar-refractivity contribution is -0.134. The van der Waals surface area contributed by atoms with E-state index in [4.69, 9.17) is 4.74 Å². The number of amides is 2. The SMILES string of the molecule is COc1ccc([C@@H]2[C@@H](C(=O)N(C)Cc3ccccc3)c3ccccc3C(=O)N2Cc2ccc(F)cc2)cc1. The molecule has 0 radical (unpaired) electrons. The number of hydrogen-bond donors (Lipinski definition) is 0. The van der Waals surface area contributed by atoms with Gasteiger partial charge in [0.15, 0.2) is 0 Å². The molecule has 1 heterocycles. The number of likely N-dealkylation sites (N-methyl/N-ethyl adjacent to an activating group) is 1. The van der Waals surface area contributed by atoms with Gasteiger partial charge in [-0.1, -0.05) is 72.8 Å². The maximum Gasteiger partial charge on any atom is 0.255 e. The number of carbonyl (C=O) groups excluding carboxylic acids is 2. The van der Waals surface area contributed by atoms with Gasteiger partial charge in [-0.2, -0.15) is 0 Å². The van der Waals surface area contributed by atoms with E-state index in [9.17, 15) is 14.0 Å². The van der Waals surface area contributed by atoms with Gasteiger partial charge in [0.2, 0.25) is 5.91 Å². The van der Waals surface area contributed by atoms with Crippen LogP contribution in [0.2, 0.25) is 0 Å². The minimum Gasteiger partial charge on any atom is -0.497 e. The molecule has 2 atom stereocenters. The number of rotatable bonds is 7. The number of nitrogens with zero attached hydrogens (tertiary/aromatic N) is 2. The first-order valence-corrected chi connectivity index (χ1v) is 12.5. The maximum atomic E-state index is 14.2. The predicted molar refractivity (Wildman–Crippen MR) is 144 cm³/mol. The fraction of sp³-hybridized carbons (Fsp3) is 0.188. The van der Waals surface area contributed by atoms with Gasteiger partial charge in [0.05, 0.1) is 19.1 Å². The highest BCUT2D eigenvalue weighted by Gasteiger charge is 2.45. The number of methoxy groups -OCH3 is 1. The van der Waals surface area contributed by atoms with Crippen molar-refractivity contribution in [1.29, 1.82) is 0 Å². The van der Waals surface area contributed by atoms with E-state index in [0.717, 1.165) is 16.7 Å². The molecular weight excluding hydrogens is 479 g/mol. The molecule has 4 aromatic rings. The summed E-state index contributed by atoms with van der Waals surface area (Å²) in [5.41, 5.74) is 3.83. The lowest BCUT2D eigenvalue weighted by Gasteiger charge is -2.43. The van der Waals surface area contributed by atoms with Crippen molar-refractivity contribution in [1.82, 2.24) is 9.80 Å². The van der Waals surface area contributed by atoms with Gasteiger partial charge in [-0.15, -0.1) is 0 Å². The van der Waals surface area contributed by atoms with Crippen LogP contribution in [0, 0.1) is 5.82 Å². The summed E-state index contributed by atoms with van der Waals surface area (Å²) in [6.07, 6.45) is 0. The molecule has 0 N–H and O–H groups in total. The minimum absolute atomic E-state index is 0.0845. The zero-order valence-corrected chi connectivity index (χ0v) is 21.4. The van der Waals surface area contributed by atoms with Crippen LogP contribution in [0.5, 0.6) is 5.75 Å². The number of hydrogen-bond acceptors (Lipinski definition) is 3. The Morgan fingerprint density at radius 1 is 0.868 bits per heavy atom. The van der Waals surface area contributed by atoms with Crippen LogP contribution in [0.25, 0.3) is 0 Å². The molecule has 1 aliphatic rings. The molecule has 38 heavy (non-hydrogen) atoms. The Kier molecular flexibility index (Phi) is 7.22. The first kappa shape index (κ1) is 25.2. The van der Waals surface area contributed by atoms with Gasteiger partial charge in [0.1, 0.15) is 11.6 Å². The quantitative estimate of drug-likeness (QED) is 0.309. The average molecular weight is 509 g/mol. The summed E-state index contributed by atoms with van der Waals surface area (Å²) in [4.78, 5) is 31.6. The van der Waals surface area contributed by atoms with Gasteiger partial charge in [-0.3, -0.25) is 9.59 Å². The number of ether oxygens (including phenoxy) is 1. The molecule has 0 saturated carbocycles. The van der Waals surface area contributed by atoms with E-state index >= 15 is 0 Å². The first-order valence-electron chi connectivity index (χ1n) is 12.5. The number of carbonyl (C=O) groups is 2. The van der Waals surface area contributed by atoms with Gasteiger partial charge in [0.25, 0.3) is 5.91 Å². The molecular formula is C32H29FN2O3. The molecule has 4 aromatic carbocycles. The fourth-order valence-electron chi connectivity index (χ4n) is 5.16. The molecule has 0 fully saturated rings. The molecule has 0 bridgehead atoms. The normalized spacial score (nSPS) is 16.6. The van der Waals surface area contributed by atoms with E-state index in [1.165, 1.54) is 12.1 Å². The third-order valence-electron chi connectivity index (χ3n) is 7.07. The van der Waals surface area contributed by atoms with Gasteiger partial charge in [0, 0.05) is 25.7 Å². The smallest absolute Gasteiger partial charge is 0.255 e. The van der Waals surface area contributed by atoms with Crippen molar-refractivity contribution in [3.63, 3.8) is 0 Å². The molecule has 0 spiro atoms. The maximum absolute atomic E-state index is 14.2. The molecule has 2 amide bonds. The van der Waals surface area contributed by atoms with Crippen molar-refractivity contribution in [3.8, 4) is 5.75 Å². The largest absolute Gasteiger partial charge is 0.497 e. The van der Waals surface area contributed by atoms with Crippen LogP contribution < -0.4 is 4.74 Å². The zero-order valence-electron chi connectivity index (χ0n) is 21.4. The van der Waals surface area contributed by atoms with Crippen molar-refractivity contribution < 1.29 is 18.7 Å². The van der Waals surface area contributed by atoms with Crippen LogP contribution in [0.4, 0.5) is 4.39 Å². The Balaban J connectivity index is 1.61. The van der Waals surface area contributed by atoms with Crippen molar-refractivity contribution in [2.24, 2.45) is 0 Å². The van der Waals surface area contributed by atoms with Gasteiger partial charge in [-0.25, -0.2) is 4.39 Å². The van der Waals surface area contributed by atoms with Crippen LogP contribution in [0.15, 0.2) is 103 Å². The Morgan fingerprint density at radius 3 is 2.21 bits per heavy atom. The summed E-state index contributed by atoms with van der Waals surface area (Å²) in [7, 11) is 3.39. The van der Waals surface area contributed by atoms with Crippen molar-refractivity contribution in [2.45, 2.75) is 25.0 Å². The molecule has 0 unspecified atom stereocenters. The third kappa shape index (κ3) is 5.02. The van der Waals surface area contributed by atoms with Crippen molar-refractivity contribution in [3.05, 3.63) is 137 Å². The molecule has 5 nitrogen and oxygen atoms in total. The first-order chi connectivity index (χ1) is 18.5. The van der Waals surface area contributed by atoms with E-state index in [1.54, 1.807) is 42.2 Å². The van der Waals surface area contributed by atoms with Gasteiger partial charge < -0.3 is 14.5 Å². The number of benzene rings is 4. The Bertz CT molecular complexity index is 1420. The van der Waals surface area contributed by atoms with E-state index in [-0.39, 0.29) is 24.2 Å². The second-order valence-electron chi connectivity index (χ2n) is 9.52. The lowest BCUT2D eigenvalue weighted by Crippen LogP contribution is -2.47. The van der Waals surface area contributed by atoms with E-state index in [0.29, 0.717) is 23.4 Å². The van der Waals surface area contributed by atoms with Crippen LogP contribution >= 0.6 is 0 Å². The zero-order chi connectivity index (χ0) is 26.6. The summed E-state index contributed by atoms with van der Waals surface area (Å²) in [6, 6.07) is 30.2. The third-order valence-corrected chi connectivity index (χ3v) is 7.07. The molecule has 6 heteroatoms. The Hall–Kier alpha value is -4.45. The van der Waals surface area contributed by atoms with Crippen LogP contribution in [-0.4, -0.2) is 35.8 Å². The number of fused-ring (bicyclic) bond motifs is 1. The summed E-state index contributed by atoms with van der Waals surface area (Å²) < 4.78 is 19.0. The molecule has 0 aliphatic carbocycles. The molecule has 192 valence electrons. The fourth-order valence-corrected chi connectivity index (χ4v) is 5.16. The summed E-state index contributed by atoms with van der Waals surface area (Å²) in [5, 5.41) is 0. The standard InChI is InChI=1S/C32H29FN2O3/c1-34(20-22-8-4-3-5-9-22)32(37)29-27-10-6-7-11-28(27)31(36)35(21-23-12-16-25(33)17-13-23)30(29)24-14-18-26(38-2)19-15-24/h3-19,29-30H,20-21H2,1-2H3/t29-,30+/m0/s1. The predicted octanol–water partition coefficient (Wildman–Crippen LogP) is 5.97. The number of halogens is 1. The van der Waals surface area contributed by atoms with Crippen molar-refractivity contribution in [2.75, 3.05) is 14.2 Å². The van der Waals surface area contributed by atoms with Crippen LogP contribution in [-0.2, 0) is 17.9 Å². The van der Waals surface area contributed by atoms with E-state index in [2.05, 4.69) is 0 Å². The summed E-state index contributed by atoms with van der Waals surface area (Å²) in [6.45, 7) is 0.676. The second-order valence-corrected chi connectivity index (χ2v) is 9.52. The second kappa shape index (κ2) is 10.9. The Morgan fingerprint density at radius 2 is 1.53 bits per heavy atom. The van der Waals surface area contributed by atoms with Gasteiger partial charge in [-0.05, 0) is 52.6 Å². The summed E-state index contributed by atoms with van der Waals surface area (Å²) >= 11 is 0. The lowest BCUT2D eigenvalue weighted by atomic mass is 9.78. The molecule has 0 aromatic heterocycles. The molecule has 0 saturated heterocycles.